The summed E-state index contributed by atoms with van der Waals surface area (Å²) in [6.45, 7) is 1.92. The third-order valence-electron chi connectivity index (χ3n) is 4.55. The van der Waals surface area contributed by atoms with Crippen LogP contribution >= 0.6 is 0 Å². The first-order chi connectivity index (χ1) is 13.5. The Bertz CT molecular complexity index is 1070. The van der Waals surface area contributed by atoms with Gasteiger partial charge in [-0.1, -0.05) is 6.92 Å². The zero-order chi connectivity index (χ0) is 21.4. The van der Waals surface area contributed by atoms with Crippen molar-refractivity contribution in [1.82, 2.24) is 4.57 Å². The van der Waals surface area contributed by atoms with E-state index in [1.807, 2.05) is 0 Å². The zero-order valence-corrected chi connectivity index (χ0v) is 16.6. The molecule has 6 nitrogen and oxygen atoms in total. The summed E-state index contributed by atoms with van der Waals surface area (Å²) in [4.78, 5) is 12.0. The molecule has 1 aliphatic rings. The molecule has 0 amide bonds. The van der Waals surface area contributed by atoms with Crippen LogP contribution in [0.4, 0.5) is 13.2 Å². The normalized spacial score (nSPS) is 14.7. The minimum Gasteiger partial charge on any atom is -0.493 e. The molecular weight excluding hydrogens is 411 g/mol. The number of nitrogens with zero attached hydrogens (tertiary/aromatic N) is 1. The third kappa shape index (κ3) is 5.11. The van der Waals surface area contributed by atoms with E-state index in [1.165, 1.54) is 38.4 Å². The highest BCUT2D eigenvalue weighted by atomic mass is 32.2. The van der Waals surface area contributed by atoms with Crippen LogP contribution in [0.2, 0.25) is 0 Å². The van der Waals surface area contributed by atoms with Crippen molar-refractivity contribution in [2.75, 3.05) is 12.4 Å². The van der Waals surface area contributed by atoms with Crippen molar-refractivity contribution in [2.45, 2.75) is 31.0 Å². The molecule has 10 heteroatoms. The van der Waals surface area contributed by atoms with E-state index < -0.39 is 27.5 Å². The topological polar surface area (TPSA) is 74.6 Å². The van der Waals surface area contributed by atoms with Gasteiger partial charge in [-0.25, -0.2) is 8.42 Å². The number of benzene rings is 1. The second-order valence-electron chi connectivity index (χ2n) is 6.87. The summed E-state index contributed by atoms with van der Waals surface area (Å²) in [6.07, 6.45) is -1.67. The standard InChI is InChI=1S/C19H20F3NO5S/c1-3-29(25,26)14-6-7-16(27-11-12-4-5-12)15(9-14)13-8-17(28-19(20,21)22)18(24)23(2)10-13/h6-10,12H,3-5,11H2,1-2H3. The molecule has 0 N–H and O–H groups in total. The van der Waals surface area contributed by atoms with Crippen LogP contribution in [0.3, 0.4) is 0 Å². The second kappa shape index (κ2) is 7.74. The van der Waals surface area contributed by atoms with Crippen LogP contribution in [-0.2, 0) is 16.9 Å². The highest BCUT2D eigenvalue weighted by molar-refractivity contribution is 7.91. The minimum atomic E-state index is -5.04. The van der Waals surface area contributed by atoms with Crippen molar-refractivity contribution >= 4 is 9.84 Å². The predicted octanol–water partition coefficient (Wildman–Crippen LogP) is 3.53. The van der Waals surface area contributed by atoms with Crippen LogP contribution in [0.1, 0.15) is 19.8 Å². The van der Waals surface area contributed by atoms with Crippen LogP contribution in [0.25, 0.3) is 11.1 Å². The number of ether oxygens (including phenoxy) is 2. The molecule has 0 spiro atoms. The van der Waals surface area contributed by atoms with E-state index in [-0.39, 0.29) is 21.8 Å². The summed E-state index contributed by atoms with van der Waals surface area (Å²) < 4.78 is 73.2. The molecule has 1 fully saturated rings. The number of halogens is 3. The Labute approximate surface area is 165 Å². The Morgan fingerprint density at radius 1 is 1.17 bits per heavy atom. The van der Waals surface area contributed by atoms with E-state index in [0.29, 0.717) is 18.3 Å². The lowest BCUT2D eigenvalue weighted by molar-refractivity contribution is -0.275. The molecule has 0 unspecified atom stereocenters. The maximum absolute atomic E-state index is 12.7. The number of rotatable bonds is 7. The molecule has 0 radical (unpaired) electrons. The van der Waals surface area contributed by atoms with Gasteiger partial charge in [0.05, 0.1) is 17.3 Å². The Kier molecular flexibility index (Phi) is 5.66. The molecule has 0 saturated heterocycles. The molecule has 1 aromatic heterocycles. The van der Waals surface area contributed by atoms with Crippen molar-refractivity contribution in [1.29, 1.82) is 0 Å². The predicted molar refractivity (Wildman–Crippen MR) is 99.7 cm³/mol. The zero-order valence-electron chi connectivity index (χ0n) is 15.8. The largest absolute Gasteiger partial charge is 0.573 e. The van der Waals surface area contributed by atoms with Crippen LogP contribution < -0.4 is 15.0 Å². The van der Waals surface area contributed by atoms with E-state index in [1.54, 1.807) is 0 Å². The van der Waals surface area contributed by atoms with Crippen LogP contribution in [0.5, 0.6) is 11.5 Å². The van der Waals surface area contributed by atoms with Gasteiger partial charge in [0.2, 0.25) is 0 Å². The number of aryl methyl sites for hydroxylation is 1. The Hall–Kier alpha value is -2.49. The summed E-state index contributed by atoms with van der Waals surface area (Å²) in [5, 5.41) is 0. The van der Waals surface area contributed by atoms with Gasteiger partial charge in [-0.3, -0.25) is 4.79 Å². The maximum atomic E-state index is 12.7. The second-order valence-corrected chi connectivity index (χ2v) is 9.15. The number of pyridine rings is 1. The summed E-state index contributed by atoms with van der Waals surface area (Å²) >= 11 is 0. The van der Waals surface area contributed by atoms with Crippen molar-refractivity contribution in [3.05, 3.63) is 40.8 Å². The van der Waals surface area contributed by atoms with E-state index in [2.05, 4.69) is 4.74 Å². The molecule has 0 atom stereocenters. The summed E-state index contributed by atoms with van der Waals surface area (Å²) in [7, 11) is -2.27. The molecule has 158 valence electrons. The molecule has 29 heavy (non-hydrogen) atoms. The molecule has 1 saturated carbocycles. The summed E-state index contributed by atoms with van der Waals surface area (Å²) in [6, 6.07) is 5.17. The average molecular weight is 431 g/mol. The molecular formula is C19H20F3NO5S. The quantitative estimate of drug-likeness (QED) is 0.671. The van der Waals surface area contributed by atoms with Crippen molar-refractivity contribution in [3.63, 3.8) is 0 Å². The summed E-state index contributed by atoms with van der Waals surface area (Å²) in [5.41, 5.74) is -0.531. The van der Waals surface area contributed by atoms with Gasteiger partial charge in [0, 0.05) is 24.4 Å². The van der Waals surface area contributed by atoms with Gasteiger partial charge >= 0.3 is 6.36 Å². The first kappa shape index (κ1) is 21.2. The maximum Gasteiger partial charge on any atom is 0.573 e. The number of hydrogen-bond acceptors (Lipinski definition) is 5. The van der Waals surface area contributed by atoms with Gasteiger partial charge in [0.15, 0.2) is 15.6 Å². The van der Waals surface area contributed by atoms with E-state index >= 15 is 0 Å². The van der Waals surface area contributed by atoms with Crippen LogP contribution in [-0.4, -0.2) is 31.7 Å². The van der Waals surface area contributed by atoms with E-state index in [4.69, 9.17) is 4.74 Å². The number of alkyl halides is 3. The molecule has 1 aliphatic carbocycles. The fourth-order valence-corrected chi connectivity index (χ4v) is 3.65. The highest BCUT2D eigenvalue weighted by Gasteiger charge is 2.33. The SMILES string of the molecule is CCS(=O)(=O)c1ccc(OCC2CC2)c(-c2cc(OC(F)(F)F)c(=O)n(C)c2)c1. The van der Waals surface area contributed by atoms with Gasteiger partial charge in [-0.2, -0.15) is 0 Å². The fraction of sp³-hybridized carbons (Fsp3) is 0.421. The molecule has 3 rings (SSSR count). The molecule has 0 bridgehead atoms. The van der Waals surface area contributed by atoms with E-state index in [9.17, 15) is 26.4 Å². The lowest BCUT2D eigenvalue weighted by Crippen LogP contribution is -2.25. The van der Waals surface area contributed by atoms with Crippen molar-refractivity contribution in [2.24, 2.45) is 13.0 Å². The number of sulfone groups is 1. The van der Waals surface area contributed by atoms with Gasteiger partial charge in [0.1, 0.15) is 5.75 Å². The Morgan fingerprint density at radius 2 is 1.86 bits per heavy atom. The monoisotopic (exact) mass is 431 g/mol. The molecule has 2 aromatic rings. The third-order valence-corrected chi connectivity index (χ3v) is 6.28. The van der Waals surface area contributed by atoms with Gasteiger partial charge < -0.3 is 14.0 Å². The smallest absolute Gasteiger partial charge is 0.493 e. The van der Waals surface area contributed by atoms with Gasteiger partial charge in [0.25, 0.3) is 5.56 Å². The van der Waals surface area contributed by atoms with Crippen LogP contribution in [0, 0.1) is 5.92 Å². The molecule has 1 aromatic carbocycles. The summed E-state index contributed by atoms with van der Waals surface area (Å²) in [5.74, 6) is -0.311. The van der Waals surface area contributed by atoms with Crippen molar-refractivity contribution in [3.8, 4) is 22.6 Å². The Morgan fingerprint density at radius 3 is 2.45 bits per heavy atom. The highest BCUT2D eigenvalue weighted by Crippen LogP contribution is 2.36. The Balaban J connectivity index is 2.13. The first-order valence-corrected chi connectivity index (χ1v) is 10.6. The average Bonchev–Trinajstić information content (AvgIpc) is 3.46. The number of aromatic nitrogens is 1. The lowest BCUT2D eigenvalue weighted by atomic mass is 10.1. The van der Waals surface area contributed by atoms with Crippen molar-refractivity contribution < 1.29 is 31.1 Å². The molecule has 1 heterocycles. The molecule has 0 aliphatic heterocycles. The van der Waals surface area contributed by atoms with Gasteiger partial charge in [-0.15, -0.1) is 13.2 Å². The lowest BCUT2D eigenvalue weighted by Gasteiger charge is -2.16. The van der Waals surface area contributed by atoms with Crippen LogP contribution in [0.15, 0.2) is 40.2 Å². The van der Waals surface area contributed by atoms with E-state index in [0.717, 1.165) is 23.5 Å². The minimum absolute atomic E-state index is 0.0147. The number of hydrogen-bond donors (Lipinski definition) is 0. The fourth-order valence-electron chi connectivity index (χ4n) is 2.74. The van der Waals surface area contributed by atoms with Gasteiger partial charge in [-0.05, 0) is 43.0 Å². The first-order valence-electron chi connectivity index (χ1n) is 8.96.